The smallest absolute Gasteiger partial charge is 0.340 e. The van der Waals surface area contributed by atoms with E-state index in [-0.39, 0.29) is 15.9 Å². The third-order valence-electron chi connectivity index (χ3n) is 2.96. The van der Waals surface area contributed by atoms with Crippen LogP contribution < -0.4 is 5.73 Å². The van der Waals surface area contributed by atoms with Crippen molar-refractivity contribution in [3.05, 3.63) is 24.0 Å². The molecule has 0 aliphatic rings. The van der Waals surface area contributed by atoms with Crippen LogP contribution in [0.2, 0.25) is 0 Å². The lowest BCUT2D eigenvalue weighted by molar-refractivity contribution is -0.186. The molecule has 0 aliphatic carbocycles. The highest BCUT2D eigenvalue weighted by Crippen LogP contribution is 2.36. The molecule has 0 saturated heterocycles. The lowest BCUT2D eigenvalue weighted by Gasteiger charge is -2.24. The highest BCUT2D eigenvalue weighted by molar-refractivity contribution is 7.91. The number of nitrogens with two attached hydrogens (primary N) is 1. The second-order valence-electron chi connectivity index (χ2n) is 4.71. The lowest BCUT2D eigenvalue weighted by Crippen LogP contribution is -2.48. The number of sulfone groups is 1. The van der Waals surface area contributed by atoms with Crippen LogP contribution in [0.3, 0.4) is 0 Å². The third-order valence-corrected chi connectivity index (χ3v) is 4.08. The Morgan fingerprint density at radius 1 is 1.30 bits per heavy atom. The van der Waals surface area contributed by atoms with Gasteiger partial charge in [0.25, 0.3) is 0 Å². The largest absolute Gasteiger partial charge is 0.413 e. The van der Waals surface area contributed by atoms with Crippen molar-refractivity contribution < 1.29 is 21.6 Å². The summed E-state index contributed by atoms with van der Waals surface area (Å²) in [6, 6.07) is 4.14. The van der Waals surface area contributed by atoms with Crippen LogP contribution in [-0.2, 0) is 15.4 Å². The van der Waals surface area contributed by atoms with Crippen LogP contribution in [0.25, 0.3) is 11.0 Å². The third kappa shape index (κ3) is 2.27. The molecule has 110 valence electrons. The van der Waals surface area contributed by atoms with Gasteiger partial charge in [0, 0.05) is 6.26 Å². The predicted molar refractivity (Wildman–Crippen MR) is 66.8 cm³/mol. The quantitative estimate of drug-likeness (QED) is 0.884. The number of nitrogens with zero attached hydrogens (tertiary/aromatic N) is 1. The van der Waals surface area contributed by atoms with Crippen LogP contribution in [0.4, 0.5) is 13.2 Å². The van der Waals surface area contributed by atoms with Gasteiger partial charge in [-0.2, -0.15) is 13.2 Å². The monoisotopic (exact) mass is 307 g/mol. The van der Waals surface area contributed by atoms with Gasteiger partial charge in [-0.05, 0) is 19.1 Å². The summed E-state index contributed by atoms with van der Waals surface area (Å²) in [6.45, 7) is 0.769. The first kappa shape index (κ1) is 14.8. The van der Waals surface area contributed by atoms with Crippen molar-refractivity contribution in [3.8, 4) is 0 Å². The fourth-order valence-corrected chi connectivity index (χ4v) is 2.52. The molecule has 1 heterocycles. The molecule has 0 amide bonds. The molecule has 0 bridgehead atoms. The molecule has 20 heavy (non-hydrogen) atoms. The Balaban J connectivity index is 2.73. The number of nitrogens with one attached hydrogen (secondary N) is 1. The van der Waals surface area contributed by atoms with E-state index in [1.165, 1.54) is 18.2 Å². The summed E-state index contributed by atoms with van der Waals surface area (Å²) in [6.07, 6.45) is -3.76. The number of fused-ring (bicyclic) bond motifs is 1. The number of alkyl halides is 3. The molecule has 1 unspecified atom stereocenters. The maximum Gasteiger partial charge on any atom is 0.413 e. The number of H-pyrrole nitrogens is 1. The van der Waals surface area contributed by atoms with E-state index in [0.29, 0.717) is 0 Å². The van der Waals surface area contributed by atoms with Gasteiger partial charge in [-0.1, -0.05) is 6.07 Å². The number of rotatable bonds is 2. The van der Waals surface area contributed by atoms with Crippen molar-refractivity contribution in [2.75, 3.05) is 6.26 Å². The number of benzene rings is 1. The van der Waals surface area contributed by atoms with E-state index >= 15 is 0 Å². The Kier molecular flexibility index (Phi) is 3.10. The van der Waals surface area contributed by atoms with Gasteiger partial charge in [0.1, 0.15) is 11.3 Å². The van der Waals surface area contributed by atoms with Crippen LogP contribution in [-0.4, -0.2) is 30.8 Å². The summed E-state index contributed by atoms with van der Waals surface area (Å²) in [5.74, 6) is -0.531. The minimum Gasteiger partial charge on any atom is -0.340 e. The molecule has 0 saturated carbocycles. The van der Waals surface area contributed by atoms with Gasteiger partial charge in [0.2, 0.25) is 0 Å². The highest BCUT2D eigenvalue weighted by Gasteiger charge is 2.51. The first-order valence-electron chi connectivity index (χ1n) is 5.49. The number of hydrogen-bond acceptors (Lipinski definition) is 4. The van der Waals surface area contributed by atoms with E-state index in [1.54, 1.807) is 0 Å². The maximum atomic E-state index is 12.9. The molecule has 0 spiro atoms. The van der Waals surface area contributed by atoms with Gasteiger partial charge >= 0.3 is 6.18 Å². The Morgan fingerprint density at radius 3 is 2.40 bits per heavy atom. The fourth-order valence-electron chi connectivity index (χ4n) is 1.69. The number of aromatic amines is 1. The molecule has 0 radical (unpaired) electrons. The maximum absolute atomic E-state index is 12.9. The summed E-state index contributed by atoms with van der Waals surface area (Å²) in [4.78, 5) is 6.03. The molecular formula is C11H12F3N3O2S. The average molecular weight is 307 g/mol. The van der Waals surface area contributed by atoms with Gasteiger partial charge in [-0.15, -0.1) is 0 Å². The molecule has 0 fully saturated rings. The summed E-state index contributed by atoms with van der Waals surface area (Å²) < 4.78 is 61.8. The number of para-hydroxylation sites is 1. The standard InChI is InChI=1S/C11H12F3N3O2S/c1-10(15,11(12,13)14)9-16-6-4-3-5-7(8(6)17-9)20(2,18)19/h3-5H,15H2,1-2H3,(H,16,17). The summed E-state index contributed by atoms with van der Waals surface area (Å²) >= 11 is 0. The Morgan fingerprint density at radius 2 is 1.90 bits per heavy atom. The van der Waals surface area contributed by atoms with Crippen LogP contribution in [0.5, 0.6) is 0 Å². The molecule has 1 aromatic heterocycles. The highest BCUT2D eigenvalue weighted by atomic mass is 32.2. The Bertz CT molecular complexity index is 763. The zero-order valence-corrected chi connectivity index (χ0v) is 11.4. The zero-order valence-electron chi connectivity index (χ0n) is 10.6. The predicted octanol–water partition coefficient (Wildman–Crippen LogP) is 1.70. The van der Waals surface area contributed by atoms with Crippen LogP contribution in [0.1, 0.15) is 12.7 Å². The number of halogens is 3. The van der Waals surface area contributed by atoms with Crippen LogP contribution in [0.15, 0.2) is 23.1 Å². The molecule has 0 aliphatic heterocycles. The minimum absolute atomic E-state index is 0.0501. The topological polar surface area (TPSA) is 88.8 Å². The van der Waals surface area contributed by atoms with E-state index in [0.717, 1.165) is 13.2 Å². The summed E-state index contributed by atoms with van der Waals surface area (Å²) in [7, 11) is -3.60. The van der Waals surface area contributed by atoms with Gasteiger partial charge in [0.05, 0.1) is 10.4 Å². The molecule has 9 heteroatoms. The number of hydrogen-bond donors (Lipinski definition) is 2. The SMILES string of the molecule is CC(N)(c1nc2c(S(C)(=O)=O)cccc2[nH]1)C(F)(F)F. The van der Waals surface area contributed by atoms with Crippen molar-refractivity contribution in [1.82, 2.24) is 9.97 Å². The lowest BCUT2D eigenvalue weighted by atomic mass is 10.0. The van der Waals surface area contributed by atoms with Crippen molar-refractivity contribution in [1.29, 1.82) is 0 Å². The first-order chi connectivity index (χ1) is 8.94. The zero-order chi connectivity index (χ0) is 15.3. The fraction of sp³-hybridized carbons (Fsp3) is 0.364. The van der Waals surface area contributed by atoms with Gasteiger partial charge in [-0.25, -0.2) is 13.4 Å². The van der Waals surface area contributed by atoms with Gasteiger partial charge < -0.3 is 10.7 Å². The second-order valence-corrected chi connectivity index (χ2v) is 6.69. The second kappa shape index (κ2) is 4.19. The van der Waals surface area contributed by atoms with E-state index in [9.17, 15) is 21.6 Å². The summed E-state index contributed by atoms with van der Waals surface area (Å²) in [5, 5.41) is 0. The molecule has 1 atom stereocenters. The molecule has 2 aromatic rings. The number of imidazole rings is 1. The first-order valence-corrected chi connectivity index (χ1v) is 7.38. The average Bonchev–Trinajstić information content (AvgIpc) is 2.69. The van der Waals surface area contributed by atoms with Crippen molar-refractivity contribution >= 4 is 20.9 Å². The molecule has 2 rings (SSSR count). The molecule has 5 nitrogen and oxygen atoms in total. The Labute approximate surface area is 112 Å². The molecule has 3 N–H and O–H groups in total. The van der Waals surface area contributed by atoms with Crippen molar-refractivity contribution in [3.63, 3.8) is 0 Å². The van der Waals surface area contributed by atoms with E-state index in [1.807, 2.05) is 0 Å². The van der Waals surface area contributed by atoms with Gasteiger partial charge in [-0.3, -0.25) is 0 Å². The van der Waals surface area contributed by atoms with Gasteiger partial charge in [0.15, 0.2) is 15.4 Å². The molecular weight excluding hydrogens is 295 g/mol. The normalized spacial score (nSPS) is 16.3. The van der Waals surface area contributed by atoms with Crippen LogP contribution >= 0.6 is 0 Å². The van der Waals surface area contributed by atoms with Crippen molar-refractivity contribution in [2.45, 2.75) is 23.5 Å². The molecule has 1 aromatic carbocycles. The van der Waals surface area contributed by atoms with Crippen molar-refractivity contribution in [2.24, 2.45) is 5.73 Å². The van der Waals surface area contributed by atoms with E-state index in [2.05, 4.69) is 9.97 Å². The Hall–Kier alpha value is -1.61. The summed E-state index contributed by atoms with van der Waals surface area (Å²) in [5.41, 5.74) is 2.71. The number of aromatic nitrogens is 2. The van der Waals surface area contributed by atoms with E-state index < -0.39 is 27.4 Å². The van der Waals surface area contributed by atoms with Crippen LogP contribution in [0, 0.1) is 0 Å². The minimum atomic E-state index is -4.72. The van der Waals surface area contributed by atoms with E-state index in [4.69, 9.17) is 5.73 Å².